The molecule has 0 amide bonds. The second kappa shape index (κ2) is 6.91. The summed E-state index contributed by atoms with van der Waals surface area (Å²) in [5, 5.41) is 9.48. The van der Waals surface area contributed by atoms with Crippen molar-refractivity contribution in [1.82, 2.24) is 9.55 Å². The molecule has 2 aromatic rings. The lowest BCUT2D eigenvalue weighted by Gasteiger charge is -2.16. The summed E-state index contributed by atoms with van der Waals surface area (Å²) < 4.78 is 13.0. The zero-order chi connectivity index (χ0) is 16.2. The Balaban J connectivity index is 1.69. The molecule has 1 saturated heterocycles. The number of nitrogen functional groups attached to an aromatic ring is 1. The zero-order valence-electron chi connectivity index (χ0n) is 12.5. The summed E-state index contributed by atoms with van der Waals surface area (Å²) in [6.07, 6.45) is 0.712. The van der Waals surface area contributed by atoms with E-state index in [1.165, 1.54) is 10.6 Å². The number of aliphatic hydroxyl groups excluding tert-OH is 1. The van der Waals surface area contributed by atoms with Crippen molar-refractivity contribution in [3.8, 4) is 0 Å². The normalized spacial score (nSPS) is 24.0. The maximum atomic E-state index is 11.9. The molecule has 0 saturated carbocycles. The number of ether oxygens (including phenoxy) is 2. The number of hydrogen-bond acceptors (Lipinski definition) is 6. The van der Waals surface area contributed by atoms with Crippen molar-refractivity contribution in [2.45, 2.75) is 31.5 Å². The van der Waals surface area contributed by atoms with Crippen LogP contribution in [-0.2, 0) is 16.1 Å². The van der Waals surface area contributed by atoms with E-state index in [1.807, 2.05) is 30.3 Å². The van der Waals surface area contributed by atoms with E-state index in [4.69, 9.17) is 15.2 Å². The van der Waals surface area contributed by atoms with E-state index in [9.17, 15) is 9.90 Å². The minimum atomic E-state index is -0.520. The molecule has 2 heterocycles. The van der Waals surface area contributed by atoms with E-state index in [0.29, 0.717) is 13.0 Å². The minimum Gasteiger partial charge on any atom is -0.394 e. The largest absolute Gasteiger partial charge is 0.394 e. The Labute approximate surface area is 133 Å². The molecule has 0 aliphatic carbocycles. The second-order valence-corrected chi connectivity index (χ2v) is 5.42. The molecule has 3 rings (SSSR count). The lowest BCUT2D eigenvalue weighted by Crippen LogP contribution is -2.28. The molecule has 0 unspecified atom stereocenters. The van der Waals surface area contributed by atoms with Crippen LogP contribution in [-0.4, -0.2) is 33.5 Å². The number of benzene rings is 1. The van der Waals surface area contributed by atoms with Gasteiger partial charge in [-0.3, -0.25) is 4.57 Å². The number of nitrogens with two attached hydrogens (primary N) is 1. The lowest BCUT2D eigenvalue weighted by molar-refractivity contribution is -0.0657. The summed E-state index contributed by atoms with van der Waals surface area (Å²) in [5.41, 5.74) is 6.05. The Morgan fingerprint density at radius 3 is 2.83 bits per heavy atom. The van der Waals surface area contributed by atoms with Gasteiger partial charge in [-0.2, -0.15) is 4.98 Å². The Morgan fingerprint density at radius 2 is 2.13 bits per heavy atom. The van der Waals surface area contributed by atoms with Crippen LogP contribution >= 0.6 is 0 Å². The molecule has 3 atom stereocenters. The van der Waals surface area contributed by atoms with E-state index in [2.05, 4.69) is 4.98 Å². The third kappa shape index (κ3) is 3.58. The van der Waals surface area contributed by atoms with Crippen molar-refractivity contribution in [2.75, 3.05) is 12.3 Å². The van der Waals surface area contributed by atoms with Crippen LogP contribution in [0.15, 0.2) is 47.4 Å². The van der Waals surface area contributed by atoms with Crippen molar-refractivity contribution < 1.29 is 14.6 Å². The quantitative estimate of drug-likeness (QED) is 0.842. The van der Waals surface area contributed by atoms with Gasteiger partial charge in [0.2, 0.25) is 0 Å². The number of hydrogen-bond donors (Lipinski definition) is 2. The molecule has 0 radical (unpaired) electrons. The van der Waals surface area contributed by atoms with Crippen molar-refractivity contribution in [1.29, 1.82) is 0 Å². The van der Waals surface area contributed by atoms with Gasteiger partial charge in [-0.1, -0.05) is 30.3 Å². The molecule has 7 heteroatoms. The summed E-state index contributed by atoms with van der Waals surface area (Å²) in [5.74, 6) is 0.167. The molecule has 122 valence electrons. The minimum absolute atomic E-state index is 0.167. The third-order valence-electron chi connectivity index (χ3n) is 3.83. The first-order valence-electron chi connectivity index (χ1n) is 7.44. The monoisotopic (exact) mass is 317 g/mol. The van der Waals surface area contributed by atoms with Gasteiger partial charge in [-0.25, -0.2) is 4.79 Å². The molecule has 1 fully saturated rings. The van der Waals surface area contributed by atoms with Gasteiger partial charge in [-0.15, -0.1) is 0 Å². The molecular weight excluding hydrogens is 298 g/mol. The van der Waals surface area contributed by atoms with Crippen LogP contribution in [0.3, 0.4) is 0 Å². The van der Waals surface area contributed by atoms with Gasteiger partial charge in [0, 0.05) is 12.6 Å². The van der Waals surface area contributed by atoms with Gasteiger partial charge >= 0.3 is 5.69 Å². The van der Waals surface area contributed by atoms with Crippen molar-refractivity contribution in [3.63, 3.8) is 0 Å². The first kappa shape index (κ1) is 15.7. The predicted octanol–water partition coefficient (Wildman–Crippen LogP) is 0.691. The summed E-state index contributed by atoms with van der Waals surface area (Å²) in [7, 11) is 0. The molecule has 1 aliphatic heterocycles. The van der Waals surface area contributed by atoms with E-state index in [0.717, 1.165) is 5.56 Å². The third-order valence-corrected chi connectivity index (χ3v) is 3.83. The molecule has 7 nitrogen and oxygen atoms in total. The first-order chi connectivity index (χ1) is 11.2. The predicted molar refractivity (Wildman–Crippen MR) is 83.5 cm³/mol. The highest BCUT2D eigenvalue weighted by Gasteiger charge is 2.37. The highest BCUT2D eigenvalue weighted by atomic mass is 16.6. The number of rotatable bonds is 5. The molecule has 23 heavy (non-hydrogen) atoms. The Kier molecular flexibility index (Phi) is 4.71. The fourth-order valence-corrected chi connectivity index (χ4v) is 2.63. The van der Waals surface area contributed by atoms with Gasteiger partial charge in [0.05, 0.1) is 19.3 Å². The number of aliphatic hydroxyl groups is 1. The van der Waals surface area contributed by atoms with E-state index >= 15 is 0 Å². The maximum Gasteiger partial charge on any atom is 0.351 e. The maximum absolute atomic E-state index is 11.9. The van der Waals surface area contributed by atoms with Crippen molar-refractivity contribution >= 4 is 5.82 Å². The second-order valence-electron chi connectivity index (χ2n) is 5.42. The molecular formula is C16H19N3O4. The number of nitrogens with zero attached hydrogens (tertiary/aromatic N) is 2. The molecule has 0 bridgehead atoms. The number of aromatic nitrogens is 2. The SMILES string of the molecule is Nc1ccn([C@H]2C[C@H](OCc3ccccc3)[C@@H](CO)O2)c(=O)n1. The van der Waals surface area contributed by atoms with E-state index < -0.39 is 18.0 Å². The summed E-state index contributed by atoms with van der Waals surface area (Å²) in [6, 6.07) is 11.3. The van der Waals surface area contributed by atoms with E-state index in [1.54, 1.807) is 6.20 Å². The van der Waals surface area contributed by atoms with Crippen LogP contribution in [0.4, 0.5) is 5.82 Å². The van der Waals surface area contributed by atoms with Crippen LogP contribution in [0.1, 0.15) is 18.2 Å². The first-order valence-corrected chi connectivity index (χ1v) is 7.44. The molecule has 1 aromatic carbocycles. The molecule has 1 aliphatic rings. The average Bonchev–Trinajstić information content (AvgIpc) is 2.97. The fraction of sp³-hybridized carbons (Fsp3) is 0.375. The molecule has 3 N–H and O–H groups in total. The molecule has 0 spiro atoms. The number of anilines is 1. The van der Waals surface area contributed by atoms with Crippen LogP contribution in [0.5, 0.6) is 0 Å². The van der Waals surface area contributed by atoms with Crippen LogP contribution in [0.2, 0.25) is 0 Å². The van der Waals surface area contributed by atoms with E-state index in [-0.39, 0.29) is 18.5 Å². The highest BCUT2D eigenvalue weighted by molar-refractivity contribution is 5.23. The Hall–Kier alpha value is -2.22. The van der Waals surface area contributed by atoms with Gasteiger partial charge in [-0.05, 0) is 11.6 Å². The van der Waals surface area contributed by atoms with Gasteiger partial charge in [0.1, 0.15) is 18.1 Å². The summed E-state index contributed by atoms with van der Waals surface area (Å²) >= 11 is 0. The van der Waals surface area contributed by atoms with Crippen molar-refractivity contribution in [2.24, 2.45) is 0 Å². The average molecular weight is 317 g/mol. The lowest BCUT2D eigenvalue weighted by atomic mass is 10.1. The topological polar surface area (TPSA) is 99.6 Å². The van der Waals surface area contributed by atoms with Crippen molar-refractivity contribution in [3.05, 3.63) is 58.6 Å². The highest BCUT2D eigenvalue weighted by Crippen LogP contribution is 2.30. The van der Waals surface area contributed by atoms with Crippen LogP contribution in [0.25, 0.3) is 0 Å². The smallest absolute Gasteiger partial charge is 0.351 e. The van der Waals surface area contributed by atoms with Gasteiger partial charge in [0.15, 0.2) is 0 Å². The Morgan fingerprint density at radius 1 is 1.35 bits per heavy atom. The fourth-order valence-electron chi connectivity index (χ4n) is 2.63. The summed E-state index contributed by atoms with van der Waals surface area (Å²) in [6.45, 7) is 0.250. The standard InChI is InChI=1S/C16H19N3O4/c17-14-6-7-19(16(21)18-14)15-8-12(13(9-20)23-15)22-10-11-4-2-1-3-5-11/h1-7,12-13,15,20H,8-10H2,(H2,17,18,21)/t12-,13+,15+/m0/s1. The Bertz CT molecular complexity index is 704. The van der Waals surface area contributed by atoms with Crippen LogP contribution in [0, 0.1) is 0 Å². The van der Waals surface area contributed by atoms with Gasteiger partial charge in [0.25, 0.3) is 0 Å². The zero-order valence-corrected chi connectivity index (χ0v) is 12.5. The summed E-state index contributed by atoms with van der Waals surface area (Å²) in [4.78, 5) is 15.6. The van der Waals surface area contributed by atoms with Crippen LogP contribution < -0.4 is 11.4 Å². The molecule has 1 aromatic heterocycles. The van der Waals surface area contributed by atoms with Gasteiger partial charge < -0.3 is 20.3 Å².